The van der Waals surface area contributed by atoms with Crippen molar-refractivity contribution in [3.8, 4) is 12.3 Å². The molecule has 1 amide bonds. The standard InChI is InChI=1S/C12H14N2O4/c1-5-6-17-11(16)8-7-18-14-9(8)10(15)13-12(2,3)4/h1,7H,6H2,2-4H3,(H,13,15). The summed E-state index contributed by atoms with van der Waals surface area (Å²) in [7, 11) is 0. The molecule has 0 radical (unpaired) electrons. The van der Waals surface area contributed by atoms with Crippen molar-refractivity contribution in [1.82, 2.24) is 10.5 Å². The SMILES string of the molecule is C#CCOC(=O)c1conc1C(=O)NC(C)(C)C. The predicted molar refractivity (Wildman–Crippen MR) is 62.8 cm³/mol. The molecule has 1 heterocycles. The van der Waals surface area contributed by atoms with E-state index in [1.54, 1.807) is 20.8 Å². The van der Waals surface area contributed by atoms with Gasteiger partial charge in [0.05, 0.1) is 0 Å². The highest BCUT2D eigenvalue weighted by Gasteiger charge is 2.25. The van der Waals surface area contributed by atoms with E-state index in [1.165, 1.54) is 0 Å². The molecule has 0 aromatic carbocycles. The lowest BCUT2D eigenvalue weighted by molar-refractivity contribution is 0.0551. The third-order valence-electron chi connectivity index (χ3n) is 1.78. The van der Waals surface area contributed by atoms with Gasteiger partial charge in [0.15, 0.2) is 12.3 Å². The Balaban J connectivity index is 2.86. The lowest BCUT2D eigenvalue weighted by Gasteiger charge is -2.19. The van der Waals surface area contributed by atoms with Crippen molar-refractivity contribution in [2.75, 3.05) is 6.61 Å². The van der Waals surface area contributed by atoms with Crippen molar-refractivity contribution in [3.63, 3.8) is 0 Å². The van der Waals surface area contributed by atoms with E-state index in [1.807, 2.05) is 0 Å². The molecule has 0 fully saturated rings. The maximum Gasteiger partial charge on any atom is 0.344 e. The summed E-state index contributed by atoms with van der Waals surface area (Å²) in [6.45, 7) is 5.24. The lowest BCUT2D eigenvalue weighted by atomic mass is 10.1. The number of nitrogens with zero attached hydrogens (tertiary/aromatic N) is 1. The van der Waals surface area contributed by atoms with E-state index in [2.05, 4.69) is 20.9 Å². The first kappa shape index (κ1) is 13.8. The summed E-state index contributed by atoms with van der Waals surface area (Å²) in [6, 6.07) is 0. The van der Waals surface area contributed by atoms with Crippen LogP contribution in [-0.2, 0) is 4.74 Å². The van der Waals surface area contributed by atoms with Crippen LogP contribution in [0.25, 0.3) is 0 Å². The van der Waals surface area contributed by atoms with E-state index in [0.717, 1.165) is 6.26 Å². The monoisotopic (exact) mass is 250 g/mol. The molecule has 18 heavy (non-hydrogen) atoms. The van der Waals surface area contributed by atoms with Crippen LogP contribution in [0.2, 0.25) is 0 Å². The zero-order chi connectivity index (χ0) is 13.8. The minimum atomic E-state index is -0.742. The van der Waals surface area contributed by atoms with Crippen LogP contribution in [0.3, 0.4) is 0 Å². The van der Waals surface area contributed by atoms with Crippen LogP contribution < -0.4 is 5.32 Å². The van der Waals surface area contributed by atoms with Gasteiger partial charge in [-0.05, 0) is 20.8 Å². The topological polar surface area (TPSA) is 81.4 Å². The maximum atomic E-state index is 11.8. The molecule has 1 rings (SSSR count). The third-order valence-corrected chi connectivity index (χ3v) is 1.78. The molecule has 0 spiro atoms. The molecule has 6 heteroatoms. The van der Waals surface area contributed by atoms with Crippen LogP contribution in [0.5, 0.6) is 0 Å². The van der Waals surface area contributed by atoms with Gasteiger partial charge >= 0.3 is 5.97 Å². The molecule has 6 nitrogen and oxygen atoms in total. The second-order valence-electron chi connectivity index (χ2n) is 4.56. The Labute approximate surface area is 105 Å². The van der Waals surface area contributed by atoms with E-state index >= 15 is 0 Å². The Morgan fingerprint density at radius 2 is 2.22 bits per heavy atom. The van der Waals surface area contributed by atoms with Crippen molar-refractivity contribution in [2.45, 2.75) is 26.3 Å². The average molecular weight is 250 g/mol. The van der Waals surface area contributed by atoms with E-state index in [-0.39, 0.29) is 17.9 Å². The van der Waals surface area contributed by atoms with Crippen molar-refractivity contribution in [2.24, 2.45) is 0 Å². The second kappa shape index (κ2) is 5.36. The van der Waals surface area contributed by atoms with Gasteiger partial charge in [-0.3, -0.25) is 4.79 Å². The Hall–Kier alpha value is -2.29. The number of terminal acetylenes is 1. The molecule has 1 aromatic heterocycles. The van der Waals surface area contributed by atoms with Crippen LogP contribution in [0.4, 0.5) is 0 Å². The van der Waals surface area contributed by atoms with Gasteiger partial charge < -0.3 is 14.6 Å². The molecule has 0 aliphatic carbocycles. The zero-order valence-corrected chi connectivity index (χ0v) is 10.4. The quantitative estimate of drug-likeness (QED) is 0.639. The normalized spacial score (nSPS) is 10.6. The molecule has 0 saturated heterocycles. The second-order valence-corrected chi connectivity index (χ2v) is 4.56. The average Bonchev–Trinajstić information content (AvgIpc) is 2.72. The van der Waals surface area contributed by atoms with Crippen molar-refractivity contribution in [3.05, 3.63) is 17.5 Å². The molecule has 0 unspecified atom stereocenters. The Morgan fingerprint density at radius 1 is 1.56 bits per heavy atom. The molecule has 0 saturated carbocycles. The summed E-state index contributed by atoms with van der Waals surface area (Å²) < 4.78 is 9.32. The fraction of sp³-hybridized carbons (Fsp3) is 0.417. The number of carbonyl (C=O) groups is 2. The molecular formula is C12H14N2O4. The molecule has 1 aromatic rings. The minimum absolute atomic E-state index is 0.0491. The number of amides is 1. The molecule has 0 bridgehead atoms. The highest BCUT2D eigenvalue weighted by molar-refractivity contribution is 6.03. The predicted octanol–water partition coefficient (Wildman–Crippen LogP) is 0.993. The van der Waals surface area contributed by atoms with Gasteiger partial charge in [0.2, 0.25) is 0 Å². The van der Waals surface area contributed by atoms with Crippen molar-refractivity contribution >= 4 is 11.9 Å². The molecule has 0 atom stereocenters. The number of hydrogen-bond acceptors (Lipinski definition) is 5. The summed E-state index contributed by atoms with van der Waals surface area (Å²) in [4.78, 5) is 23.4. The number of ether oxygens (including phenoxy) is 1. The summed E-state index contributed by atoms with van der Waals surface area (Å²) in [5, 5.41) is 6.15. The van der Waals surface area contributed by atoms with E-state index in [4.69, 9.17) is 11.2 Å². The van der Waals surface area contributed by atoms with Crippen LogP contribution in [-0.4, -0.2) is 29.2 Å². The zero-order valence-electron chi connectivity index (χ0n) is 10.4. The molecular weight excluding hydrogens is 236 g/mol. The molecule has 1 N–H and O–H groups in total. The molecule has 96 valence electrons. The van der Waals surface area contributed by atoms with Gasteiger partial charge in [0, 0.05) is 5.54 Å². The summed E-state index contributed by atoms with van der Waals surface area (Å²) >= 11 is 0. The van der Waals surface area contributed by atoms with Crippen LogP contribution in [0, 0.1) is 12.3 Å². The summed E-state index contributed by atoms with van der Waals surface area (Å²) in [6.07, 6.45) is 6.02. The van der Waals surface area contributed by atoms with Crippen LogP contribution in [0.15, 0.2) is 10.8 Å². The number of aromatic nitrogens is 1. The van der Waals surface area contributed by atoms with E-state index in [0.29, 0.717) is 0 Å². The van der Waals surface area contributed by atoms with E-state index in [9.17, 15) is 9.59 Å². The smallest absolute Gasteiger partial charge is 0.344 e. The Bertz CT molecular complexity index is 491. The summed E-state index contributed by atoms with van der Waals surface area (Å²) in [5.41, 5.74) is -0.616. The molecule has 0 aliphatic rings. The van der Waals surface area contributed by atoms with Crippen LogP contribution in [0.1, 0.15) is 41.6 Å². The Kier molecular flexibility index (Phi) is 4.10. The number of carbonyl (C=O) groups excluding carboxylic acids is 2. The van der Waals surface area contributed by atoms with Crippen LogP contribution >= 0.6 is 0 Å². The fourth-order valence-corrected chi connectivity index (χ4v) is 1.13. The largest absolute Gasteiger partial charge is 0.449 e. The molecule has 0 aliphatic heterocycles. The first-order chi connectivity index (χ1) is 8.35. The van der Waals surface area contributed by atoms with Gasteiger partial charge in [0.25, 0.3) is 5.91 Å². The first-order valence-electron chi connectivity index (χ1n) is 5.22. The number of hydrogen-bond donors (Lipinski definition) is 1. The van der Waals surface area contributed by atoms with Gasteiger partial charge in [-0.15, -0.1) is 6.42 Å². The van der Waals surface area contributed by atoms with Crippen molar-refractivity contribution in [1.29, 1.82) is 0 Å². The van der Waals surface area contributed by atoms with Gasteiger partial charge in [-0.2, -0.15) is 0 Å². The van der Waals surface area contributed by atoms with Gasteiger partial charge in [-0.25, -0.2) is 4.79 Å². The Morgan fingerprint density at radius 3 is 2.78 bits per heavy atom. The van der Waals surface area contributed by atoms with Gasteiger partial charge in [-0.1, -0.05) is 11.1 Å². The third kappa shape index (κ3) is 3.63. The highest BCUT2D eigenvalue weighted by Crippen LogP contribution is 2.10. The first-order valence-corrected chi connectivity index (χ1v) is 5.22. The lowest BCUT2D eigenvalue weighted by Crippen LogP contribution is -2.41. The number of esters is 1. The number of rotatable bonds is 3. The maximum absolute atomic E-state index is 11.8. The highest BCUT2D eigenvalue weighted by atomic mass is 16.5. The summed E-state index contributed by atoms with van der Waals surface area (Å²) in [5.74, 6) is 0.900. The number of nitrogens with one attached hydrogen (secondary N) is 1. The van der Waals surface area contributed by atoms with Gasteiger partial charge in [0.1, 0.15) is 11.8 Å². The van der Waals surface area contributed by atoms with Crippen molar-refractivity contribution < 1.29 is 18.8 Å². The van der Waals surface area contributed by atoms with E-state index < -0.39 is 17.4 Å². The fourth-order valence-electron chi connectivity index (χ4n) is 1.13. The minimum Gasteiger partial charge on any atom is -0.449 e.